The molecule has 0 aromatic heterocycles. The number of rotatable bonds is 6. The Kier molecular flexibility index (Phi) is 6.51. The van der Waals surface area contributed by atoms with Crippen molar-refractivity contribution in [3.8, 4) is 5.75 Å². The van der Waals surface area contributed by atoms with Gasteiger partial charge in [0, 0.05) is 31.7 Å². The van der Waals surface area contributed by atoms with Crippen LogP contribution in [0.1, 0.15) is 23.7 Å². The van der Waals surface area contributed by atoms with Crippen molar-refractivity contribution in [2.45, 2.75) is 19.4 Å². The average molecular weight is 362 g/mol. The van der Waals surface area contributed by atoms with E-state index in [-0.39, 0.29) is 18.6 Å². The number of amides is 1. The number of carbonyl (C=O) groups excluding carboxylic acids is 1. The van der Waals surface area contributed by atoms with Gasteiger partial charge in [0.2, 0.25) is 0 Å². The Hall–Kier alpha value is -1.63. The van der Waals surface area contributed by atoms with E-state index in [1.54, 1.807) is 31.4 Å². The molecule has 2 saturated heterocycles. The molecule has 0 unspecified atom stereocenters. The Morgan fingerprint density at radius 3 is 2.54 bits per heavy atom. The summed E-state index contributed by atoms with van der Waals surface area (Å²) < 4.78 is 10.6. The van der Waals surface area contributed by atoms with Gasteiger partial charge in [0.1, 0.15) is 5.75 Å². The fourth-order valence-electron chi connectivity index (χ4n) is 4.22. The minimum Gasteiger partial charge on any atom is -0.497 e. The second kappa shape index (κ2) is 8.84. The summed E-state index contributed by atoms with van der Waals surface area (Å²) in [5, 5.41) is 10.1. The number of methoxy groups -OCH3 is 1. The van der Waals surface area contributed by atoms with Gasteiger partial charge in [-0.25, -0.2) is 0 Å². The van der Waals surface area contributed by atoms with Crippen LogP contribution < -0.4 is 4.74 Å². The number of hydrogen-bond acceptors (Lipinski definition) is 5. The predicted molar refractivity (Wildman–Crippen MR) is 99.4 cm³/mol. The lowest BCUT2D eigenvalue weighted by Crippen LogP contribution is -2.46. The van der Waals surface area contributed by atoms with Crippen LogP contribution in [0.3, 0.4) is 0 Å². The summed E-state index contributed by atoms with van der Waals surface area (Å²) in [6.45, 7) is 7.19. The minimum atomic E-state index is -0.127. The molecule has 2 fully saturated rings. The quantitative estimate of drug-likeness (QED) is 0.831. The molecule has 144 valence electrons. The number of morpholine rings is 1. The van der Waals surface area contributed by atoms with E-state index in [1.807, 2.05) is 4.90 Å². The van der Waals surface area contributed by atoms with Crippen LogP contribution in [0.25, 0.3) is 0 Å². The van der Waals surface area contributed by atoms with E-state index < -0.39 is 0 Å². The molecule has 26 heavy (non-hydrogen) atoms. The number of aliphatic hydroxyl groups is 1. The molecule has 1 amide bonds. The molecule has 3 rings (SSSR count). The summed E-state index contributed by atoms with van der Waals surface area (Å²) in [7, 11) is 1.61. The van der Waals surface area contributed by atoms with Gasteiger partial charge in [-0.15, -0.1) is 0 Å². The van der Waals surface area contributed by atoms with Crippen molar-refractivity contribution in [1.82, 2.24) is 9.80 Å². The first-order valence-electron chi connectivity index (χ1n) is 9.53. The highest BCUT2D eigenvalue weighted by atomic mass is 16.5. The molecule has 1 N–H and O–H groups in total. The topological polar surface area (TPSA) is 62.2 Å². The molecule has 0 bridgehead atoms. The first kappa shape index (κ1) is 19.1. The predicted octanol–water partition coefficient (Wildman–Crippen LogP) is 1.49. The molecule has 6 nitrogen and oxygen atoms in total. The summed E-state index contributed by atoms with van der Waals surface area (Å²) in [5.41, 5.74) is 0.645. The second-order valence-corrected chi connectivity index (χ2v) is 7.18. The molecule has 6 heteroatoms. The Morgan fingerprint density at radius 1 is 1.27 bits per heavy atom. The molecule has 2 heterocycles. The maximum absolute atomic E-state index is 13.1. The molecule has 2 aliphatic heterocycles. The van der Waals surface area contributed by atoms with Crippen LogP contribution in [0.2, 0.25) is 0 Å². The molecule has 0 saturated carbocycles. The SMILES string of the molecule is CC[C@@H]1CN(C(=O)c2ccc(OC)cc2)[C@H](CO)[C@@H]1CN1CCOCC1. The average Bonchev–Trinajstić information content (AvgIpc) is 3.05. The lowest BCUT2D eigenvalue weighted by atomic mass is 9.88. The van der Waals surface area contributed by atoms with Crippen molar-refractivity contribution in [3.63, 3.8) is 0 Å². The summed E-state index contributed by atoms with van der Waals surface area (Å²) in [5.74, 6) is 1.44. The number of nitrogens with zero attached hydrogens (tertiary/aromatic N) is 2. The van der Waals surface area contributed by atoms with Crippen molar-refractivity contribution in [1.29, 1.82) is 0 Å². The third-order valence-electron chi connectivity index (χ3n) is 5.81. The zero-order valence-corrected chi connectivity index (χ0v) is 15.8. The maximum Gasteiger partial charge on any atom is 0.254 e. The Morgan fingerprint density at radius 2 is 1.96 bits per heavy atom. The van der Waals surface area contributed by atoms with Crippen molar-refractivity contribution in [3.05, 3.63) is 29.8 Å². The molecule has 0 spiro atoms. The number of ether oxygens (including phenoxy) is 2. The van der Waals surface area contributed by atoms with Crippen LogP contribution in [-0.2, 0) is 4.74 Å². The lowest BCUT2D eigenvalue weighted by molar-refractivity contribution is 0.0206. The van der Waals surface area contributed by atoms with Crippen LogP contribution in [0.5, 0.6) is 5.75 Å². The summed E-state index contributed by atoms with van der Waals surface area (Å²) in [6, 6.07) is 7.08. The summed E-state index contributed by atoms with van der Waals surface area (Å²) in [6.07, 6.45) is 1.01. The van der Waals surface area contributed by atoms with Crippen LogP contribution in [-0.4, -0.2) is 80.0 Å². The molecule has 1 aromatic carbocycles. The fraction of sp³-hybridized carbons (Fsp3) is 0.650. The van der Waals surface area contributed by atoms with Crippen LogP contribution in [0, 0.1) is 11.8 Å². The normalized spacial score (nSPS) is 26.9. The highest BCUT2D eigenvalue weighted by molar-refractivity contribution is 5.94. The van der Waals surface area contributed by atoms with Gasteiger partial charge in [-0.2, -0.15) is 0 Å². The van der Waals surface area contributed by atoms with Crippen molar-refractivity contribution in [2.24, 2.45) is 11.8 Å². The number of hydrogen-bond donors (Lipinski definition) is 1. The molecule has 3 atom stereocenters. The summed E-state index contributed by atoms with van der Waals surface area (Å²) >= 11 is 0. The van der Waals surface area contributed by atoms with E-state index in [0.29, 0.717) is 23.9 Å². The zero-order chi connectivity index (χ0) is 18.5. The van der Waals surface area contributed by atoms with Gasteiger partial charge in [0.25, 0.3) is 5.91 Å². The van der Waals surface area contributed by atoms with Crippen molar-refractivity contribution in [2.75, 3.05) is 53.1 Å². The first-order valence-corrected chi connectivity index (χ1v) is 9.53. The first-order chi connectivity index (χ1) is 12.7. The number of aliphatic hydroxyl groups excluding tert-OH is 1. The van der Waals surface area contributed by atoms with Gasteiger partial charge >= 0.3 is 0 Å². The van der Waals surface area contributed by atoms with Gasteiger partial charge < -0.3 is 19.5 Å². The fourth-order valence-corrected chi connectivity index (χ4v) is 4.22. The minimum absolute atomic E-state index is 0.00497. The Balaban J connectivity index is 1.74. The van der Waals surface area contributed by atoms with E-state index in [2.05, 4.69) is 11.8 Å². The van der Waals surface area contributed by atoms with E-state index in [9.17, 15) is 9.90 Å². The smallest absolute Gasteiger partial charge is 0.254 e. The van der Waals surface area contributed by atoms with E-state index in [4.69, 9.17) is 9.47 Å². The lowest BCUT2D eigenvalue weighted by Gasteiger charge is -2.33. The van der Waals surface area contributed by atoms with Gasteiger partial charge in [-0.1, -0.05) is 13.3 Å². The molecular weight excluding hydrogens is 332 g/mol. The number of carbonyl (C=O) groups is 1. The monoisotopic (exact) mass is 362 g/mol. The van der Waals surface area contributed by atoms with E-state index in [0.717, 1.165) is 45.0 Å². The van der Waals surface area contributed by atoms with E-state index >= 15 is 0 Å². The van der Waals surface area contributed by atoms with Crippen LogP contribution in [0.4, 0.5) is 0 Å². The standard InChI is InChI=1S/C20H30N2O4/c1-3-15-12-22(20(24)16-4-6-17(25-2)7-5-16)19(14-23)18(15)13-21-8-10-26-11-9-21/h4-7,15,18-19,23H,3,8-14H2,1-2H3/t15-,18-,19-/m1/s1. The maximum atomic E-state index is 13.1. The van der Waals surface area contributed by atoms with Crippen LogP contribution in [0.15, 0.2) is 24.3 Å². The molecule has 0 radical (unpaired) electrons. The Labute approximate surface area is 155 Å². The van der Waals surface area contributed by atoms with Crippen molar-refractivity contribution >= 4 is 5.91 Å². The number of likely N-dealkylation sites (tertiary alicyclic amines) is 1. The molecule has 0 aliphatic carbocycles. The van der Waals surface area contributed by atoms with Crippen molar-refractivity contribution < 1.29 is 19.4 Å². The molecular formula is C20H30N2O4. The third kappa shape index (κ3) is 4.03. The third-order valence-corrected chi connectivity index (χ3v) is 5.81. The summed E-state index contributed by atoms with van der Waals surface area (Å²) in [4.78, 5) is 17.3. The number of benzene rings is 1. The van der Waals surface area contributed by atoms with Gasteiger partial charge in [0.05, 0.1) is 33.0 Å². The second-order valence-electron chi connectivity index (χ2n) is 7.18. The Bertz CT molecular complexity index is 586. The van der Waals surface area contributed by atoms with Crippen LogP contribution >= 0.6 is 0 Å². The van der Waals surface area contributed by atoms with Gasteiger partial charge in [0.15, 0.2) is 0 Å². The zero-order valence-electron chi connectivity index (χ0n) is 15.8. The highest BCUT2D eigenvalue weighted by Gasteiger charge is 2.43. The molecule has 1 aromatic rings. The largest absolute Gasteiger partial charge is 0.497 e. The van der Waals surface area contributed by atoms with Gasteiger partial charge in [-0.3, -0.25) is 9.69 Å². The highest BCUT2D eigenvalue weighted by Crippen LogP contribution is 2.34. The van der Waals surface area contributed by atoms with Gasteiger partial charge in [-0.05, 0) is 36.1 Å². The van der Waals surface area contributed by atoms with E-state index in [1.165, 1.54) is 0 Å². The molecule has 2 aliphatic rings.